The highest BCUT2D eigenvalue weighted by Gasteiger charge is 2.39. The van der Waals surface area contributed by atoms with Gasteiger partial charge >= 0.3 is 0 Å². The predicted molar refractivity (Wildman–Crippen MR) is 96.7 cm³/mol. The molecular formula is C19H24N4O2. The zero-order chi connectivity index (χ0) is 17.4. The van der Waals surface area contributed by atoms with Crippen LogP contribution in [0.15, 0.2) is 36.7 Å². The van der Waals surface area contributed by atoms with Gasteiger partial charge in [0.05, 0.1) is 29.6 Å². The maximum atomic E-state index is 13.4. The van der Waals surface area contributed by atoms with Gasteiger partial charge in [-0.3, -0.25) is 9.48 Å². The standard InChI is InChI=1S/C19H24N4O2/c1-21-9-5-10-23(17-7-4-3-6-16(17)21)19(24)15-8-11-25-18(15)14-12-20-22(2)13-14/h3-4,6-7,12-13,15,18H,5,8-11H2,1-2H3/t15-,18+/m0/s1. The normalized spacial score (nSPS) is 23.4. The summed E-state index contributed by atoms with van der Waals surface area (Å²) in [6.07, 6.45) is 5.27. The van der Waals surface area contributed by atoms with Gasteiger partial charge in [0.25, 0.3) is 0 Å². The van der Waals surface area contributed by atoms with Crippen LogP contribution in [-0.4, -0.2) is 42.4 Å². The molecule has 1 aromatic carbocycles. The van der Waals surface area contributed by atoms with Crippen LogP contribution in [0.3, 0.4) is 0 Å². The Morgan fingerprint density at radius 1 is 1.20 bits per heavy atom. The lowest BCUT2D eigenvalue weighted by Crippen LogP contribution is -2.37. The van der Waals surface area contributed by atoms with Gasteiger partial charge in [0.1, 0.15) is 0 Å². The van der Waals surface area contributed by atoms with E-state index in [0.717, 1.165) is 42.9 Å². The summed E-state index contributed by atoms with van der Waals surface area (Å²) in [6, 6.07) is 8.16. The Morgan fingerprint density at radius 3 is 2.76 bits per heavy atom. The van der Waals surface area contributed by atoms with Crippen molar-refractivity contribution in [2.45, 2.75) is 18.9 Å². The number of carbonyl (C=O) groups excluding carboxylic acids is 1. The van der Waals surface area contributed by atoms with Gasteiger partial charge in [0.2, 0.25) is 5.91 Å². The van der Waals surface area contributed by atoms with Gasteiger partial charge in [-0.2, -0.15) is 5.10 Å². The van der Waals surface area contributed by atoms with E-state index in [0.29, 0.717) is 6.61 Å². The fraction of sp³-hybridized carbons (Fsp3) is 0.474. The number of aromatic nitrogens is 2. The summed E-state index contributed by atoms with van der Waals surface area (Å²) < 4.78 is 7.66. The van der Waals surface area contributed by atoms with Crippen LogP contribution in [0.1, 0.15) is 24.5 Å². The maximum absolute atomic E-state index is 13.4. The molecule has 0 spiro atoms. The molecule has 3 heterocycles. The molecule has 6 heteroatoms. The first-order valence-corrected chi connectivity index (χ1v) is 8.87. The molecule has 4 rings (SSSR count). The van der Waals surface area contributed by atoms with Crippen LogP contribution in [0.5, 0.6) is 0 Å². The first-order chi connectivity index (χ1) is 12.1. The van der Waals surface area contributed by atoms with Crippen molar-refractivity contribution in [1.29, 1.82) is 0 Å². The fourth-order valence-corrected chi connectivity index (χ4v) is 3.91. The lowest BCUT2D eigenvalue weighted by Gasteiger charge is -2.28. The molecule has 2 aromatic rings. The van der Waals surface area contributed by atoms with Crippen LogP contribution in [0.2, 0.25) is 0 Å². The Hall–Kier alpha value is -2.34. The van der Waals surface area contributed by atoms with Gasteiger partial charge in [0, 0.05) is 45.6 Å². The molecule has 0 radical (unpaired) electrons. The van der Waals surface area contributed by atoms with E-state index in [1.165, 1.54) is 0 Å². The Kier molecular flexibility index (Phi) is 4.21. The Bertz CT molecular complexity index is 772. The van der Waals surface area contributed by atoms with E-state index in [2.05, 4.69) is 23.1 Å². The zero-order valence-electron chi connectivity index (χ0n) is 14.8. The quantitative estimate of drug-likeness (QED) is 0.842. The van der Waals surface area contributed by atoms with Gasteiger partial charge in [-0.05, 0) is 25.0 Å². The average molecular weight is 340 g/mol. The number of anilines is 2. The number of hydrogen-bond donors (Lipinski definition) is 0. The highest BCUT2D eigenvalue weighted by Crippen LogP contribution is 2.39. The largest absolute Gasteiger partial charge is 0.373 e. The molecule has 1 saturated heterocycles. The van der Waals surface area contributed by atoms with Crippen molar-refractivity contribution >= 4 is 17.3 Å². The third-order valence-electron chi connectivity index (χ3n) is 5.19. The average Bonchev–Trinajstić information content (AvgIpc) is 3.23. The van der Waals surface area contributed by atoms with E-state index in [4.69, 9.17) is 4.74 Å². The summed E-state index contributed by atoms with van der Waals surface area (Å²) in [5, 5.41) is 4.23. The second-order valence-electron chi connectivity index (χ2n) is 6.89. The highest BCUT2D eigenvalue weighted by atomic mass is 16.5. The van der Waals surface area contributed by atoms with E-state index in [9.17, 15) is 4.79 Å². The summed E-state index contributed by atoms with van der Waals surface area (Å²) in [6.45, 7) is 2.32. The second kappa shape index (κ2) is 6.52. The molecule has 1 amide bonds. The van der Waals surface area contributed by atoms with Crippen molar-refractivity contribution in [3.63, 3.8) is 0 Å². The number of nitrogens with zero attached hydrogens (tertiary/aromatic N) is 4. The van der Waals surface area contributed by atoms with Gasteiger partial charge in [-0.25, -0.2) is 0 Å². The number of ether oxygens (including phenoxy) is 1. The summed E-state index contributed by atoms with van der Waals surface area (Å²) in [5.41, 5.74) is 3.10. The number of para-hydroxylation sites is 2. The minimum atomic E-state index is -0.200. The lowest BCUT2D eigenvalue weighted by atomic mass is 9.95. The van der Waals surface area contributed by atoms with Crippen LogP contribution >= 0.6 is 0 Å². The van der Waals surface area contributed by atoms with E-state index < -0.39 is 0 Å². The van der Waals surface area contributed by atoms with Gasteiger partial charge in [0.15, 0.2) is 0 Å². The number of fused-ring (bicyclic) bond motifs is 1. The number of hydrogen-bond acceptors (Lipinski definition) is 4. The first-order valence-electron chi connectivity index (χ1n) is 8.87. The summed E-state index contributed by atoms with van der Waals surface area (Å²) in [7, 11) is 3.97. The molecule has 0 aliphatic carbocycles. The molecule has 6 nitrogen and oxygen atoms in total. The summed E-state index contributed by atoms with van der Waals surface area (Å²) in [5.74, 6) is 0.00904. The number of benzene rings is 1. The third-order valence-corrected chi connectivity index (χ3v) is 5.19. The molecular weight excluding hydrogens is 316 g/mol. The van der Waals surface area contributed by atoms with Crippen LogP contribution < -0.4 is 9.80 Å². The van der Waals surface area contributed by atoms with Crippen molar-refractivity contribution in [2.24, 2.45) is 13.0 Å². The van der Waals surface area contributed by atoms with Crippen LogP contribution in [0, 0.1) is 5.92 Å². The van der Waals surface area contributed by atoms with Crippen molar-refractivity contribution < 1.29 is 9.53 Å². The summed E-state index contributed by atoms with van der Waals surface area (Å²) >= 11 is 0. The predicted octanol–water partition coefficient (Wildman–Crippen LogP) is 2.37. The number of amides is 1. The van der Waals surface area contributed by atoms with Crippen molar-refractivity contribution in [3.8, 4) is 0 Å². The molecule has 2 aliphatic heterocycles. The Balaban J connectivity index is 1.64. The first kappa shape index (κ1) is 16.1. The van der Waals surface area contributed by atoms with Crippen LogP contribution in [-0.2, 0) is 16.6 Å². The second-order valence-corrected chi connectivity index (χ2v) is 6.89. The summed E-state index contributed by atoms with van der Waals surface area (Å²) in [4.78, 5) is 17.6. The van der Waals surface area contributed by atoms with Crippen LogP contribution in [0.25, 0.3) is 0 Å². The lowest BCUT2D eigenvalue weighted by molar-refractivity contribution is -0.124. The van der Waals surface area contributed by atoms with Crippen molar-refractivity contribution in [3.05, 3.63) is 42.2 Å². The van der Waals surface area contributed by atoms with Gasteiger partial charge in [-0.1, -0.05) is 12.1 Å². The monoisotopic (exact) mass is 340 g/mol. The van der Waals surface area contributed by atoms with E-state index in [-0.39, 0.29) is 17.9 Å². The highest BCUT2D eigenvalue weighted by molar-refractivity contribution is 5.99. The Morgan fingerprint density at radius 2 is 2.00 bits per heavy atom. The van der Waals surface area contributed by atoms with Crippen molar-refractivity contribution in [2.75, 3.05) is 36.5 Å². The molecule has 2 aliphatic rings. The van der Waals surface area contributed by atoms with Crippen molar-refractivity contribution in [1.82, 2.24) is 9.78 Å². The SMILES string of the molecule is CN1CCCN(C(=O)[C@H]2CCO[C@@H]2c2cnn(C)c2)c2ccccc21. The number of rotatable bonds is 2. The molecule has 132 valence electrons. The number of carbonyl (C=O) groups is 1. The zero-order valence-corrected chi connectivity index (χ0v) is 14.8. The minimum Gasteiger partial charge on any atom is -0.373 e. The molecule has 1 fully saturated rings. The van der Waals surface area contributed by atoms with Gasteiger partial charge < -0.3 is 14.5 Å². The molecule has 0 saturated carbocycles. The molecule has 0 bridgehead atoms. The number of aryl methyl sites for hydroxylation is 1. The van der Waals surface area contributed by atoms with Crippen LogP contribution in [0.4, 0.5) is 11.4 Å². The maximum Gasteiger partial charge on any atom is 0.233 e. The van der Waals surface area contributed by atoms with E-state index >= 15 is 0 Å². The van der Waals surface area contributed by atoms with Gasteiger partial charge in [-0.15, -0.1) is 0 Å². The smallest absolute Gasteiger partial charge is 0.233 e. The Labute approximate surface area is 148 Å². The molecule has 2 atom stereocenters. The fourth-order valence-electron chi connectivity index (χ4n) is 3.91. The molecule has 1 aromatic heterocycles. The molecule has 0 N–H and O–H groups in total. The van der Waals surface area contributed by atoms with E-state index in [1.807, 2.05) is 36.3 Å². The third kappa shape index (κ3) is 2.91. The topological polar surface area (TPSA) is 50.6 Å². The minimum absolute atomic E-state index is 0.152. The molecule has 25 heavy (non-hydrogen) atoms. The molecule has 0 unspecified atom stereocenters. The van der Waals surface area contributed by atoms with E-state index in [1.54, 1.807) is 10.9 Å².